The molecule has 2 aromatic carbocycles. The zero-order valence-electron chi connectivity index (χ0n) is 9.18. The molecule has 0 aromatic heterocycles. The summed E-state index contributed by atoms with van der Waals surface area (Å²) in [6.45, 7) is 0.426. The van der Waals surface area contributed by atoms with Crippen LogP contribution >= 0.6 is 39.1 Å². The lowest BCUT2D eigenvalue weighted by Crippen LogP contribution is -2.02. The summed E-state index contributed by atoms with van der Waals surface area (Å²) >= 11 is 15.2. The van der Waals surface area contributed by atoms with Crippen LogP contribution in [0.15, 0.2) is 40.9 Å². The summed E-state index contributed by atoms with van der Waals surface area (Å²) in [6, 6.07) is 10.0. The summed E-state index contributed by atoms with van der Waals surface area (Å²) < 4.78 is 14.2. The maximum atomic E-state index is 13.6. The van der Waals surface area contributed by atoms with E-state index in [4.69, 9.17) is 23.2 Å². The zero-order chi connectivity index (χ0) is 13.1. The fourth-order valence-electron chi connectivity index (χ4n) is 1.52. The first-order valence-electron chi connectivity index (χ1n) is 5.20. The van der Waals surface area contributed by atoms with Crippen molar-refractivity contribution in [3.8, 4) is 0 Å². The lowest BCUT2D eigenvalue weighted by atomic mass is 10.2. The Morgan fingerprint density at radius 1 is 1.17 bits per heavy atom. The molecule has 0 atom stereocenters. The summed E-state index contributed by atoms with van der Waals surface area (Å²) in [5.41, 5.74) is 1.28. The van der Waals surface area contributed by atoms with Gasteiger partial charge in [-0.2, -0.15) is 0 Å². The fraction of sp³-hybridized carbons (Fsp3) is 0.0769. The maximum absolute atomic E-state index is 13.6. The Bertz CT molecular complexity index is 555. The summed E-state index contributed by atoms with van der Waals surface area (Å²) in [5.74, 6) is -0.311. The lowest BCUT2D eigenvalue weighted by Gasteiger charge is -2.10. The van der Waals surface area contributed by atoms with Gasteiger partial charge in [-0.25, -0.2) is 4.39 Å². The molecule has 1 N–H and O–H groups in total. The van der Waals surface area contributed by atoms with E-state index in [0.717, 1.165) is 5.56 Å². The average molecular weight is 349 g/mol. The van der Waals surface area contributed by atoms with E-state index in [0.29, 0.717) is 26.8 Å². The van der Waals surface area contributed by atoms with Crippen molar-refractivity contribution in [2.75, 3.05) is 5.32 Å². The van der Waals surface area contributed by atoms with Gasteiger partial charge in [0, 0.05) is 21.1 Å². The number of halogens is 4. The van der Waals surface area contributed by atoms with Gasteiger partial charge < -0.3 is 5.32 Å². The molecule has 0 bridgehead atoms. The standard InChI is InChI=1S/C13H9BrCl2FN/c14-10-2-1-3-12(17)13(10)18-7-8-4-5-9(15)6-11(8)16/h1-6,18H,7H2. The zero-order valence-corrected chi connectivity index (χ0v) is 12.3. The summed E-state index contributed by atoms with van der Waals surface area (Å²) in [6.07, 6.45) is 0. The highest BCUT2D eigenvalue weighted by atomic mass is 79.9. The molecule has 0 aliphatic carbocycles. The van der Waals surface area contributed by atoms with Crippen LogP contribution in [0.4, 0.5) is 10.1 Å². The van der Waals surface area contributed by atoms with E-state index in [1.54, 1.807) is 24.3 Å². The third kappa shape index (κ3) is 3.16. The van der Waals surface area contributed by atoms with Gasteiger partial charge in [0.15, 0.2) is 0 Å². The first-order chi connectivity index (χ1) is 8.58. The van der Waals surface area contributed by atoms with Gasteiger partial charge in [0.25, 0.3) is 0 Å². The first-order valence-corrected chi connectivity index (χ1v) is 6.74. The molecule has 94 valence electrons. The molecular weight excluding hydrogens is 340 g/mol. The molecule has 0 radical (unpaired) electrons. The molecule has 0 saturated carbocycles. The highest BCUT2D eigenvalue weighted by molar-refractivity contribution is 9.10. The predicted molar refractivity (Wildman–Crippen MR) is 77.9 cm³/mol. The molecule has 0 saturated heterocycles. The highest BCUT2D eigenvalue weighted by Gasteiger charge is 2.07. The minimum absolute atomic E-state index is 0.311. The molecule has 2 aromatic rings. The van der Waals surface area contributed by atoms with Crippen molar-refractivity contribution < 1.29 is 4.39 Å². The number of hydrogen-bond donors (Lipinski definition) is 1. The second-order valence-corrected chi connectivity index (χ2v) is 5.38. The smallest absolute Gasteiger partial charge is 0.147 e. The van der Waals surface area contributed by atoms with Gasteiger partial charge in [0.05, 0.1) is 5.69 Å². The summed E-state index contributed by atoms with van der Waals surface area (Å²) in [4.78, 5) is 0. The van der Waals surface area contributed by atoms with Crippen LogP contribution in [-0.4, -0.2) is 0 Å². The van der Waals surface area contributed by atoms with Crippen LogP contribution in [0.3, 0.4) is 0 Å². The van der Waals surface area contributed by atoms with E-state index in [2.05, 4.69) is 21.2 Å². The van der Waals surface area contributed by atoms with Gasteiger partial charge in [0.1, 0.15) is 5.82 Å². The Morgan fingerprint density at radius 3 is 2.61 bits per heavy atom. The average Bonchev–Trinajstić information content (AvgIpc) is 2.31. The molecule has 0 amide bonds. The number of benzene rings is 2. The Morgan fingerprint density at radius 2 is 1.94 bits per heavy atom. The Hall–Kier alpha value is -0.770. The molecule has 0 unspecified atom stereocenters. The summed E-state index contributed by atoms with van der Waals surface area (Å²) in [5, 5.41) is 4.15. The monoisotopic (exact) mass is 347 g/mol. The largest absolute Gasteiger partial charge is 0.378 e. The lowest BCUT2D eigenvalue weighted by molar-refractivity contribution is 0.629. The summed E-state index contributed by atoms with van der Waals surface area (Å²) in [7, 11) is 0. The van der Waals surface area contributed by atoms with E-state index in [1.807, 2.05) is 6.07 Å². The van der Waals surface area contributed by atoms with E-state index < -0.39 is 0 Å². The second kappa shape index (κ2) is 5.91. The van der Waals surface area contributed by atoms with Gasteiger partial charge >= 0.3 is 0 Å². The van der Waals surface area contributed by atoms with Crippen LogP contribution in [0.25, 0.3) is 0 Å². The van der Waals surface area contributed by atoms with Crippen molar-refractivity contribution in [3.05, 3.63) is 62.3 Å². The third-order valence-corrected chi connectivity index (χ3v) is 3.68. The van der Waals surface area contributed by atoms with Gasteiger partial charge in [-0.15, -0.1) is 0 Å². The van der Waals surface area contributed by atoms with Crippen molar-refractivity contribution >= 4 is 44.8 Å². The Balaban J connectivity index is 2.16. The molecule has 0 fully saturated rings. The molecule has 0 aliphatic heterocycles. The quantitative estimate of drug-likeness (QED) is 0.771. The fourth-order valence-corrected chi connectivity index (χ4v) is 2.47. The van der Waals surface area contributed by atoms with Gasteiger partial charge in [-0.05, 0) is 45.8 Å². The van der Waals surface area contributed by atoms with Gasteiger partial charge in [-0.1, -0.05) is 35.3 Å². The van der Waals surface area contributed by atoms with Crippen LogP contribution in [0.1, 0.15) is 5.56 Å². The van der Waals surface area contributed by atoms with Crippen LogP contribution in [0.5, 0.6) is 0 Å². The minimum Gasteiger partial charge on any atom is -0.378 e. The number of anilines is 1. The highest BCUT2D eigenvalue weighted by Crippen LogP contribution is 2.27. The van der Waals surface area contributed by atoms with E-state index in [9.17, 15) is 4.39 Å². The first kappa shape index (κ1) is 13.7. The van der Waals surface area contributed by atoms with E-state index >= 15 is 0 Å². The van der Waals surface area contributed by atoms with Gasteiger partial charge in [0.2, 0.25) is 0 Å². The van der Waals surface area contributed by atoms with Crippen LogP contribution in [-0.2, 0) is 6.54 Å². The van der Waals surface area contributed by atoms with Crippen molar-refractivity contribution in [2.45, 2.75) is 6.54 Å². The van der Waals surface area contributed by atoms with E-state index in [-0.39, 0.29) is 5.82 Å². The molecule has 2 rings (SSSR count). The second-order valence-electron chi connectivity index (χ2n) is 3.69. The Kier molecular flexibility index (Phi) is 4.49. The number of rotatable bonds is 3. The van der Waals surface area contributed by atoms with E-state index in [1.165, 1.54) is 6.07 Å². The SMILES string of the molecule is Fc1cccc(Br)c1NCc1ccc(Cl)cc1Cl. The molecule has 0 spiro atoms. The van der Waals surface area contributed by atoms with Crippen LogP contribution in [0.2, 0.25) is 10.0 Å². The molecule has 0 aliphatic rings. The maximum Gasteiger partial charge on any atom is 0.147 e. The van der Waals surface area contributed by atoms with Crippen LogP contribution < -0.4 is 5.32 Å². The van der Waals surface area contributed by atoms with Crippen molar-refractivity contribution in [1.29, 1.82) is 0 Å². The van der Waals surface area contributed by atoms with Crippen LogP contribution in [0, 0.1) is 5.82 Å². The predicted octanol–water partition coefficient (Wildman–Crippen LogP) is 5.51. The van der Waals surface area contributed by atoms with Gasteiger partial charge in [-0.3, -0.25) is 0 Å². The minimum atomic E-state index is -0.311. The topological polar surface area (TPSA) is 12.0 Å². The van der Waals surface area contributed by atoms with Crippen molar-refractivity contribution in [3.63, 3.8) is 0 Å². The molecular formula is C13H9BrCl2FN. The molecule has 1 nitrogen and oxygen atoms in total. The third-order valence-electron chi connectivity index (χ3n) is 2.43. The number of hydrogen-bond acceptors (Lipinski definition) is 1. The molecule has 18 heavy (non-hydrogen) atoms. The van der Waals surface area contributed by atoms with Crippen molar-refractivity contribution in [1.82, 2.24) is 0 Å². The number of para-hydroxylation sites is 1. The molecule has 5 heteroatoms. The number of nitrogens with one attached hydrogen (secondary N) is 1. The Labute approximate surface area is 123 Å². The van der Waals surface area contributed by atoms with Crippen molar-refractivity contribution in [2.24, 2.45) is 0 Å². The normalized spacial score (nSPS) is 10.4. The molecule has 0 heterocycles.